The van der Waals surface area contributed by atoms with E-state index in [4.69, 9.17) is 17.9 Å². The van der Waals surface area contributed by atoms with Crippen LogP contribution in [0.3, 0.4) is 0 Å². The number of hydrogen-bond donors (Lipinski definition) is 9. The number of carbonyl (C=O) groups is 10. The minimum Gasteiger partial charge on any atom is -0.480 e. The first-order valence-electron chi connectivity index (χ1n) is 25.9. The molecule has 2 aromatic rings. The second-order valence-electron chi connectivity index (χ2n) is 18.5. The number of benzene rings is 2. The zero-order valence-corrected chi connectivity index (χ0v) is 43.9. The molecule has 2 saturated carbocycles. The van der Waals surface area contributed by atoms with Crippen LogP contribution in [-0.4, -0.2) is 113 Å². The molecule has 2 fully saturated rings. The number of aliphatic hydroxyl groups is 2. The third kappa shape index (κ3) is 21.1. The maximum atomic E-state index is 13.5. The SMILES string of the molecule is C[B]P=O.NC(=O)NCCC[C@H](CC(=O)C1(C(=O)CCCCCCN2C(=O)C=CC2=O)CCC1)C(=O)Nc1ccc(CO)cc1.NC(=O)NCCC[C@H](CC(=O)C1(C(=O)O)CCC1)C(=O)Nc1ccc(CO)cc1.[2H]CF. The number of hydrogen-bond acceptors (Lipinski definition) is 13. The Morgan fingerprint density at radius 2 is 1.08 bits per heavy atom. The van der Waals surface area contributed by atoms with Crippen LogP contribution in [0.4, 0.5) is 25.4 Å². The topological polar surface area (TPSA) is 352 Å². The van der Waals surface area contributed by atoms with Crippen molar-refractivity contribution in [1.82, 2.24) is 15.5 Å². The van der Waals surface area contributed by atoms with Crippen LogP contribution >= 0.6 is 8.34 Å². The number of anilines is 2. The molecule has 24 heteroatoms. The van der Waals surface area contributed by atoms with E-state index in [0.29, 0.717) is 99.7 Å². The lowest BCUT2D eigenvalue weighted by Crippen LogP contribution is -2.46. The first-order valence-corrected chi connectivity index (χ1v) is 26.1. The van der Waals surface area contributed by atoms with Crippen molar-refractivity contribution < 1.29 is 73.6 Å². The number of nitrogens with zero attached hydrogens (tertiary/aromatic N) is 1. The van der Waals surface area contributed by atoms with Gasteiger partial charge in [-0.1, -0.05) is 56.8 Å². The maximum Gasteiger partial charge on any atom is 0.317 e. The molecule has 1 heterocycles. The molecule has 2 aromatic carbocycles. The molecule has 415 valence electrons. The molecule has 1 aliphatic heterocycles. The molecule has 0 bridgehead atoms. The van der Waals surface area contributed by atoms with Gasteiger partial charge in [0.15, 0.2) is 5.78 Å². The largest absolute Gasteiger partial charge is 0.480 e. The molecule has 0 unspecified atom stereocenters. The van der Waals surface area contributed by atoms with E-state index in [1.54, 1.807) is 62.4 Å². The van der Waals surface area contributed by atoms with Gasteiger partial charge in [0.1, 0.15) is 17.0 Å². The fraction of sp³-hybridized carbons (Fsp3) is 0.538. The van der Waals surface area contributed by atoms with Gasteiger partial charge in [-0.15, -0.1) is 0 Å². The molecule has 0 spiro atoms. The number of nitrogens with two attached hydrogens (primary N) is 2. The minimum absolute atomic E-state index is 0.0746. The van der Waals surface area contributed by atoms with Crippen LogP contribution < -0.4 is 32.7 Å². The number of ketones is 3. The second-order valence-corrected chi connectivity index (χ2v) is 19.2. The second kappa shape index (κ2) is 34.8. The van der Waals surface area contributed by atoms with Crippen LogP contribution in [-0.2, 0) is 56.1 Å². The number of urea groups is 2. The van der Waals surface area contributed by atoms with Crippen LogP contribution in [0.2, 0.25) is 6.82 Å². The average Bonchev–Trinajstić information content (AvgIpc) is 3.69. The van der Waals surface area contributed by atoms with E-state index in [9.17, 15) is 67.1 Å². The summed E-state index contributed by atoms with van der Waals surface area (Å²) in [7, 11) is -0.877. The number of imide groups is 1. The van der Waals surface area contributed by atoms with E-state index in [1.165, 1.54) is 17.1 Å². The summed E-state index contributed by atoms with van der Waals surface area (Å²) in [6.45, 7) is 3.91. The number of halogens is 1. The summed E-state index contributed by atoms with van der Waals surface area (Å²) < 4.78 is 24.7. The quantitative estimate of drug-likeness (QED) is 0.0149. The normalized spacial score (nSPS) is 15.4. The monoisotopic (exact) mass is 1080 g/mol. The molecule has 21 nitrogen and oxygen atoms in total. The van der Waals surface area contributed by atoms with Crippen molar-refractivity contribution in [3.05, 3.63) is 71.8 Å². The molecule has 5 rings (SSSR count). The third-order valence-electron chi connectivity index (χ3n) is 13.4. The summed E-state index contributed by atoms with van der Waals surface area (Å²) in [5, 5.41) is 38.3. The van der Waals surface area contributed by atoms with E-state index in [0.717, 1.165) is 19.3 Å². The van der Waals surface area contributed by atoms with Crippen molar-refractivity contribution in [2.45, 2.75) is 129 Å². The van der Waals surface area contributed by atoms with Gasteiger partial charge in [0, 0.05) is 74.3 Å². The summed E-state index contributed by atoms with van der Waals surface area (Å²) in [6, 6.07) is 12.0. The highest BCUT2D eigenvalue weighted by Crippen LogP contribution is 2.46. The van der Waals surface area contributed by atoms with Gasteiger partial charge in [-0.2, -0.15) is 0 Å². The summed E-state index contributed by atoms with van der Waals surface area (Å²) in [6.07, 6.45) is 9.78. The standard InChI is InChI=1S/C30H40N4O7.C20H27N3O6.CH3BOP.CH3F/c31-29(41)32-17-5-7-22(28(40)33-23-11-9-21(20-35)10-12-23)19-25(37)30(15-6-16-30)24(36)8-3-1-2-4-18-34-26(38)13-14-27(34)39;21-19(29)22-10-1-3-14(11-16(25)20(18(27)28)8-2-9-20)17(26)23-15-6-4-13(12-24)5-7-15;1-2-4-3;1-2/h9-14,22,35H,1-8,15-20H2,(H,33,40)(H3,31,32,41);4-7,14,24H,1-3,8-12H2,(H,23,26)(H,27,28)(H3,21,22,29);1H3;1H3/t22-;14-;;/m11../s1/i;;;1D. The number of aliphatic hydroxyl groups excluding tert-OH is 2. The van der Waals surface area contributed by atoms with Gasteiger partial charge in [-0.05, 0) is 99.6 Å². The van der Waals surface area contributed by atoms with Gasteiger partial charge < -0.3 is 48.1 Å². The van der Waals surface area contributed by atoms with Crippen molar-refractivity contribution in [2.24, 2.45) is 34.1 Å². The van der Waals surface area contributed by atoms with Crippen LogP contribution in [0.25, 0.3) is 0 Å². The molecule has 0 aromatic heterocycles. The highest BCUT2D eigenvalue weighted by molar-refractivity contribution is 7.60. The van der Waals surface area contributed by atoms with Crippen LogP contribution in [0, 0.1) is 22.7 Å². The number of carboxylic acid groups (broad SMARTS) is 1. The molecular weight excluding hydrogens is 1010 g/mol. The lowest BCUT2D eigenvalue weighted by molar-refractivity contribution is -0.162. The van der Waals surface area contributed by atoms with Gasteiger partial charge in [-0.25, -0.2) is 9.59 Å². The van der Waals surface area contributed by atoms with Gasteiger partial charge in [-0.3, -0.25) is 52.2 Å². The molecule has 8 amide bonds. The van der Waals surface area contributed by atoms with E-state index in [1.807, 2.05) is 0 Å². The molecule has 2 aliphatic carbocycles. The lowest BCUT2D eigenvalue weighted by Gasteiger charge is -2.39. The highest BCUT2D eigenvalue weighted by Gasteiger charge is 2.51. The first-order chi connectivity index (χ1) is 36.8. The fourth-order valence-electron chi connectivity index (χ4n) is 8.67. The van der Waals surface area contributed by atoms with E-state index < -0.39 is 59.5 Å². The Hall–Kier alpha value is -6.71. The van der Waals surface area contributed by atoms with Gasteiger partial charge >= 0.3 is 18.0 Å². The maximum absolute atomic E-state index is 13.5. The predicted molar refractivity (Wildman–Crippen MR) is 282 cm³/mol. The number of alkyl halides is 1. The smallest absolute Gasteiger partial charge is 0.317 e. The molecule has 2 atom stereocenters. The van der Waals surface area contributed by atoms with E-state index >= 15 is 0 Å². The molecule has 0 saturated heterocycles. The van der Waals surface area contributed by atoms with Gasteiger partial charge in [0.2, 0.25) is 18.8 Å². The Bertz CT molecular complexity index is 2320. The molecule has 11 N–H and O–H groups in total. The molecular formula is C52H73BFN7O14P. The third-order valence-corrected chi connectivity index (χ3v) is 13.6. The Morgan fingerprint density at radius 3 is 1.42 bits per heavy atom. The summed E-state index contributed by atoms with van der Waals surface area (Å²) in [4.78, 5) is 123. The summed E-state index contributed by atoms with van der Waals surface area (Å²) in [5.41, 5.74) is 10.2. The Labute approximate surface area is 446 Å². The highest BCUT2D eigenvalue weighted by atomic mass is 31.1. The Morgan fingerprint density at radius 1 is 0.684 bits per heavy atom. The van der Waals surface area contributed by atoms with Gasteiger partial charge in [0.05, 0.1) is 35.5 Å². The first kappa shape index (κ1) is 63.6. The van der Waals surface area contributed by atoms with Crippen molar-refractivity contribution in [1.29, 1.82) is 0 Å². The number of Topliss-reactive ketones (excluding diaryl/α,β-unsaturated/α-hetero) is 3. The average molecular weight is 1080 g/mol. The number of nitrogens with one attached hydrogen (secondary N) is 4. The van der Waals surface area contributed by atoms with Crippen molar-refractivity contribution in [3.8, 4) is 0 Å². The molecule has 1 radical (unpaired) electrons. The van der Waals surface area contributed by atoms with Crippen molar-refractivity contribution in [3.63, 3.8) is 0 Å². The zero-order chi connectivity index (χ0) is 57.4. The van der Waals surface area contributed by atoms with Crippen molar-refractivity contribution in [2.75, 3.05) is 37.4 Å². The summed E-state index contributed by atoms with van der Waals surface area (Å²) in [5.74, 6) is -4.63. The predicted octanol–water partition coefficient (Wildman–Crippen LogP) is 5.68. The number of rotatable bonds is 30. The molecule has 76 heavy (non-hydrogen) atoms. The number of carbonyl (C=O) groups excluding carboxylic acids is 9. The Balaban J connectivity index is 0.000000491. The number of carboxylic acids is 1. The summed E-state index contributed by atoms with van der Waals surface area (Å²) >= 11 is 0. The van der Waals surface area contributed by atoms with Gasteiger partial charge in [0.25, 0.3) is 11.8 Å². The van der Waals surface area contributed by atoms with Crippen LogP contribution in [0.1, 0.15) is 122 Å². The fourth-order valence-corrected chi connectivity index (χ4v) is 8.67. The minimum atomic E-state index is -1.38. The van der Waals surface area contributed by atoms with Crippen molar-refractivity contribution >= 4 is 85.7 Å². The van der Waals surface area contributed by atoms with Crippen LogP contribution in [0.5, 0.6) is 0 Å². The Kier molecular flexibility index (Phi) is 29.1. The number of aliphatic carboxylic acids is 1. The lowest BCUT2D eigenvalue weighted by atomic mass is 9.61. The van der Waals surface area contributed by atoms with E-state index in [-0.39, 0.29) is 83.2 Å². The molecule has 3 aliphatic rings. The number of primary amides is 2. The zero-order valence-electron chi connectivity index (χ0n) is 44.0. The van der Waals surface area contributed by atoms with E-state index in [2.05, 4.69) is 21.3 Å². The number of amides is 8. The van der Waals surface area contributed by atoms with Crippen LogP contribution in [0.15, 0.2) is 60.7 Å². The number of unbranched alkanes of at least 4 members (excludes halogenated alkanes) is 3.